The van der Waals surface area contributed by atoms with E-state index in [1.807, 2.05) is 35.2 Å². The van der Waals surface area contributed by atoms with Crippen LogP contribution in [0.3, 0.4) is 0 Å². The summed E-state index contributed by atoms with van der Waals surface area (Å²) in [7, 11) is 0. The summed E-state index contributed by atoms with van der Waals surface area (Å²) in [4.78, 5) is 19.2. The number of carbonyl (C=O) groups excluding carboxylic acids is 1. The summed E-state index contributed by atoms with van der Waals surface area (Å²) in [5.41, 5.74) is 3.23. The first-order valence-electron chi connectivity index (χ1n) is 10.0. The Bertz CT molecular complexity index is 934. The summed E-state index contributed by atoms with van der Waals surface area (Å²) in [6, 6.07) is 20.5. The Labute approximate surface area is 175 Å². The summed E-state index contributed by atoms with van der Waals surface area (Å²) in [5.74, 6) is 7.23. The van der Waals surface area contributed by atoms with E-state index < -0.39 is 0 Å². The Hall–Kier alpha value is -2.73. The molecule has 2 aromatic carbocycles. The van der Waals surface area contributed by atoms with Gasteiger partial charge in [-0.3, -0.25) is 4.79 Å². The monoisotopic (exact) mass is 406 g/mol. The molecule has 1 aliphatic rings. The molecule has 2 N–H and O–H groups in total. The zero-order chi connectivity index (χ0) is 20.1. The highest BCUT2D eigenvalue weighted by molar-refractivity contribution is 7.99. The number of piperidine rings is 1. The molecule has 150 valence electrons. The summed E-state index contributed by atoms with van der Waals surface area (Å²) >= 11 is 1.40. The van der Waals surface area contributed by atoms with Crippen LogP contribution >= 0.6 is 11.8 Å². The van der Waals surface area contributed by atoms with E-state index in [1.165, 1.54) is 22.0 Å². The predicted octanol–water partition coefficient (Wildman–Crippen LogP) is 3.84. The molecule has 0 spiro atoms. The molecule has 1 fully saturated rings. The van der Waals surface area contributed by atoms with Gasteiger partial charge in [-0.15, -0.1) is 0 Å². The van der Waals surface area contributed by atoms with Crippen molar-refractivity contribution in [2.24, 2.45) is 5.92 Å². The van der Waals surface area contributed by atoms with Gasteiger partial charge in [-0.05, 0) is 30.7 Å². The number of aromatic nitrogens is 2. The highest BCUT2D eigenvalue weighted by atomic mass is 32.2. The van der Waals surface area contributed by atoms with Crippen LogP contribution in [0.5, 0.6) is 0 Å². The van der Waals surface area contributed by atoms with Crippen LogP contribution in [0.15, 0.2) is 72.0 Å². The minimum atomic E-state index is 0.164. The minimum Gasteiger partial charge on any atom is -0.342 e. The lowest BCUT2D eigenvalue weighted by atomic mass is 9.90. The van der Waals surface area contributed by atoms with Gasteiger partial charge in [-0.1, -0.05) is 72.4 Å². The van der Waals surface area contributed by atoms with Crippen molar-refractivity contribution < 1.29 is 4.79 Å². The highest BCUT2D eigenvalue weighted by Gasteiger charge is 2.23. The van der Waals surface area contributed by atoms with Gasteiger partial charge in [0.15, 0.2) is 5.16 Å². The standard InChI is InChI=1S/C23H26N4OS/c24-27-16-21(20-9-5-2-6-10-20)25-23(27)29-17-22(28)26-13-11-19(12-14-26)15-18-7-3-1-4-8-18/h1-10,16,19H,11-15,17,24H2. The van der Waals surface area contributed by atoms with Gasteiger partial charge in [0.1, 0.15) is 0 Å². The first kappa shape index (κ1) is 19.6. The number of benzene rings is 2. The number of likely N-dealkylation sites (tertiary alicyclic amines) is 1. The lowest BCUT2D eigenvalue weighted by molar-refractivity contribution is -0.129. The number of imidazole rings is 1. The average molecular weight is 407 g/mol. The van der Waals surface area contributed by atoms with Crippen molar-refractivity contribution in [3.63, 3.8) is 0 Å². The summed E-state index contributed by atoms with van der Waals surface area (Å²) in [5, 5.41) is 0.663. The van der Waals surface area contributed by atoms with Crippen molar-refractivity contribution in [3.05, 3.63) is 72.4 Å². The van der Waals surface area contributed by atoms with Crippen LogP contribution in [0.1, 0.15) is 18.4 Å². The molecular formula is C23H26N4OS. The second-order valence-corrected chi connectivity index (χ2v) is 8.43. The molecule has 0 atom stereocenters. The van der Waals surface area contributed by atoms with Crippen molar-refractivity contribution in [1.82, 2.24) is 14.6 Å². The molecule has 0 radical (unpaired) electrons. The molecule has 1 aliphatic heterocycles. The van der Waals surface area contributed by atoms with E-state index >= 15 is 0 Å². The van der Waals surface area contributed by atoms with Gasteiger partial charge in [0.05, 0.1) is 17.6 Å². The Morgan fingerprint density at radius 2 is 1.69 bits per heavy atom. The average Bonchev–Trinajstić information content (AvgIpc) is 3.14. The number of nitrogens with zero attached hydrogens (tertiary/aromatic N) is 3. The maximum absolute atomic E-state index is 12.7. The SMILES string of the molecule is Nn1cc(-c2ccccc2)nc1SCC(=O)N1CCC(Cc2ccccc2)CC1. The van der Waals surface area contributed by atoms with Crippen LogP contribution in [0.4, 0.5) is 0 Å². The molecule has 6 heteroatoms. The Kier molecular flexibility index (Phi) is 6.20. The van der Waals surface area contributed by atoms with E-state index in [9.17, 15) is 4.79 Å². The van der Waals surface area contributed by atoms with Crippen LogP contribution in [0.25, 0.3) is 11.3 Å². The second kappa shape index (κ2) is 9.18. The van der Waals surface area contributed by atoms with Crippen LogP contribution in [-0.2, 0) is 11.2 Å². The molecule has 0 aliphatic carbocycles. The summed E-state index contributed by atoms with van der Waals surface area (Å²) in [6.07, 6.45) is 5.03. The van der Waals surface area contributed by atoms with Gasteiger partial charge < -0.3 is 10.7 Å². The number of nitrogen functional groups attached to an aromatic ring is 1. The van der Waals surface area contributed by atoms with Crippen LogP contribution < -0.4 is 5.84 Å². The molecule has 1 amide bonds. The third-order valence-electron chi connectivity index (χ3n) is 5.43. The molecule has 0 saturated carbocycles. The van der Waals surface area contributed by atoms with Crippen LogP contribution in [-0.4, -0.2) is 39.3 Å². The van der Waals surface area contributed by atoms with E-state index in [-0.39, 0.29) is 5.91 Å². The number of carbonyl (C=O) groups is 1. The quantitative estimate of drug-likeness (QED) is 0.499. The maximum atomic E-state index is 12.7. The van der Waals surface area contributed by atoms with Crippen LogP contribution in [0, 0.1) is 5.92 Å². The second-order valence-electron chi connectivity index (χ2n) is 7.48. The Balaban J connectivity index is 1.27. The third kappa shape index (κ3) is 5.01. The van der Waals surface area contributed by atoms with Crippen LogP contribution in [0.2, 0.25) is 0 Å². The third-order valence-corrected chi connectivity index (χ3v) is 6.38. The van der Waals surface area contributed by atoms with E-state index in [0.29, 0.717) is 16.8 Å². The molecular weight excluding hydrogens is 380 g/mol. The molecule has 4 rings (SSSR count). The zero-order valence-electron chi connectivity index (χ0n) is 16.4. The van der Waals surface area contributed by atoms with Gasteiger partial charge in [-0.2, -0.15) is 0 Å². The number of hydrogen-bond donors (Lipinski definition) is 1. The lowest BCUT2D eigenvalue weighted by Crippen LogP contribution is -2.39. The molecule has 2 heterocycles. The number of hydrogen-bond acceptors (Lipinski definition) is 4. The number of thioether (sulfide) groups is 1. The molecule has 3 aromatic rings. The van der Waals surface area contributed by atoms with Gasteiger partial charge in [-0.25, -0.2) is 9.66 Å². The van der Waals surface area contributed by atoms with Crippen molar-refractivity contribution in [3.8, 4) is 11.3 Å². The van der Waals surface area contributed by atoms with Crippen molar-refractivity contribution in [2.45, 2.75) is 24.4 Å². The fraction of sp³-hybridized carbons (Fsp3) is 0.304. The van der Waals surface area contributed by atoms with E-state index in [2.05, 4.69) is 35.3 Å². The first-order chi connectivity index (χ1) is 14.2. The largest absolute Gasteiger partial charge is 0.342 e. The Morgan fingerprint density at radius 3 is 2.38 bits per heavy atom. The lowest BCUT2D eigenvalue weighted by Gasteiger charge is -2.32. The number of rotatable bonds is 6. The minimum absolute atomic E-state index is 0.164. The van der Waals surface area contributed by atoms with Gasteiger partial charge in [0.25, 0.3) is 0 Å². The fourth-order valence-electron chi connectivity index (χ4n) is 3.78. The van der Waals surface area contributed by atoms with E-state index in [0.717, 1.165) is 43.6 Å². The molecule has 1 aromatic heterocycles. The van der Waals surface area contributed by atoms with E-state index in [4.69, 9.17) is 5.84 Å². The van der Waals surface area contributed by atoms with Gasteiger partial charge >= 0.3 is 0 Å². The highest BCUT2D eigenvalue weighted by Crippen LogP contribution is 2.25. The zero-order valence-corrected chi connectivity index (χ0v) is 17.2. The van der Waals surface area contributed by atoms with Gasteiger partial charge in [0, 0.05) is 18.7 Å². The topological polar surface area (TPSA) is 64.2 Å². The first-order valence-corrected chi connectivity index (χ1v) is 11.0. The Morgan fingerprint density at radius 1 is 1.03 bits per heavy atom. The predicted molar refractivity (Wildman–Crippen MR) is 118 cm³/mol. The van der Waals surface area contributed by atoms with Crippen molar-refractivity contribution in [2.75, 3.05) is 24.7 Å². The number of nitrogens with two attached hydrogens (primary N) is 1. The molecule has 5 nitrogen and oxygen atoms in total. The van der Waals surface area contributed by atoms with Crippen molar-refractivity contribution >= 4 is 17.7 Å². The smallest absolute Gasteiger partial charge is 0.233 e. The molecule has 1 saturated heterocycles. The molecule has 0 unspecified atom stereocenters. The molecule has 0 bridgehead atoms. The van der Waals surface area contributed by atoms with Gasteiger partial charge in [0.2, 0.25) is 5.91 Å². The normalized spacial score (nSPS) is 14.8. The van der Waals surface area contributed by atoms with Crippen molar-refractivity contribution in [1.29, 1.82) is 0 Å². The summed E-state index contributed by atoms with van der Waals surface area (Å²) in [6.45, 7) is 1.67. The maximum Gasteiger partial charge on any atom is 0.233 e. The number of amides is 1. The fourth-order valence-corrected chi connectivity index (χ4v) is 4.58. The van der Waals surface area contributed by atoms with E-state index in [1.54, 1.807) is 6.20 Å². The summed E-state index contributed by atoms with van der Waals surface area (Å²) < 4.78 is 1.51. The molecule has 29 heavy (non-hydrogen) atoms.